The van der Waals surface area contributed by atoms with Crippen LogP contribution in [0.3, 0.4) is 0 Å². The first kappa shape index (κ1) is 22.5. The van der Waals surface area contributed by atoms with E-state index < -0.39 is 17.1 Å². The zero-order chi connectivity index (χ0) is 22.9. The minimum Gasteiger partial charge on any atom is -0.393 e. The van der Waals surface area contributed by atoms with Gasteiger partial charge >= 0.3 is 0 Å². The second-order valence-corrected chi connectivity index (χ2v) is 11.0. The van der Waals surface area contributed by atoms with Crippen LogP contribution in [0.2, 0.25) is 0 Å². The molecule has 176 valence electrons. The number of ketones is 2. The topological polar surface area (TPSA) is 82.1 Å². The zero-order valence-corrected chi connectivity index (χ0v) is 19.6. The molecule has 1 aliphatic heterocycles. The number of carbonyl (C=O) groups excluding carboxylic acids is 2. The molecule has 6 nitrogen and oxygen atoms in total. The number of hydrogen-bond donors (Lipinski definition) is 1. The molecule has 0 aromatic heterocycles. The average Bonchev–Trinajstić information content (AvgIpc) is 3.21. The van der Waals surface area contributed by atoms with E-state index in [-0.39, 0.29) is 53.7 Å². The van der Waals surface area contributed by atoms with Gasteiger partial charge in [0.05, 0.1) is 12.2 Å². The van der Waals surface area contributed by atoms with Gasteiger partial charge in [0.15, 0.2) is 23.5 Å². The number of hydrogen-bond acceptors (Lipinski definition) is 6. The minimum absolute atomic E-state index is 0.0132. The molecule has 0 bridgehead atoms. The summed E-state index contributed by atoms with van der Waals surface area (Å²) in [7, 11) is 1.54. The lowest BCUT2D eigenvalue weighted by Crippen LogP contribution is -2.63. The van der Waals surface area contributed by atoms with Crippen molar-refractivity contribution in [3.8, 4) is 0 Å². The van der Waals surface area contributed by atoms with Gasteiger partial charge in [-0.3, -0.25) is 9.59 Å². The van der Waals surface area contributed by atoms with Gasteiger partial charge in [-0.25, -0.2) is 0 Å². The third-order valence-corrected chi connectivity index (χ3v) is 9.50. The van der Waals surface area contributed by atoms with E-state index in [1.807, 2.05) is 6.08 Å². The monoisotopic (exact) mass is 444 g/mol. The molecule has 5 aliphatic rings. The van der Waals surface area contributed by atoms with Gasteiger partial charge in [-0.15, -0.1) is 0 Å². The summed E-state index contributed by atoms with van der Waals surface area (Å²) in [5, 5.41) is 11.6. The van der Waals surface area contributed by atoms with Crippen LogP contribution in [0.5, 0.6) is 0 Å². The van der Waals surface area contributed by atoms with Crippen molar-refractivity contribution in [1.29, 1.82) is 0 Å². The number of carbonyl (C=O) groups is 2. The lowest BCUT2D eigenvalue weighted by molar-refractivity contribution is -0.200. The van der Waals surface area contributed by atoms with Gasteiger partial charge in [0.2, 0.25) is 0 Å². The van der Waals surface area contributed by atoms with Crippen LogP contribution < -0.4 is 0 Å². The van der Waals surface area contributed by atoms with E-state index in [0.29, 0.717) is 6.42 Å². The first-order valence-electron chi connectivity index (χ1n) is 12.2. The van der Waals surface area contributed by atoms with Crippen LogP contribution in [-0.4, -0.2) is 54.5 Å². The Labute approximate surface area is 190 Å². The van der Waals surface area contributed by atoms with Crippen LogP contribution in [0.4, 0.5) is 0 Å². The molecule has 0 aromatic rings. The van der Waals surface area contributed by atoms with Gasteiger partial charge in [-0.05, 0) is 56.1 Å². The van der Waals surface area contributed by atoms with Gasteiger partial charge in [0.25, 0.3) is 0 Å². The van der Waals surface area contributed by atoms with E-state index in [1.54, 1.807) is 12.2 Å². The van der Waals surface area contributed by atoms with Gasteiger partial charge in [0, 0.05) is 23.9 Å². The number of allylic oxidation sites excluding steroid dienone is 4. The third-order valence-electron chi connectivity index (χ3n) is 9.50. The minimum atomic E-state index is -1.07. The Morgan fingerprint density at radius 3 is 2.84 bits per heavy atom. The highest BCUT2D eigenvalue weighted by atomic mass is 16.7. The molecule has 4 aliphatic carbocycles. The summed E-state index contributed by atoms with van der Waals surface area (Å²) in [6.45, 7) is 6.37. The van der Waals surface area contributed by atoms with E-state index in [2.05, 4.69) is 20.8 Å². The summed E-state index contributed by atoms with van der Waals surface area (Å²) >= 11 is 0. The highest BCUT2D eigenvalue weighted by molar-refractivity contribution is 6.01. The van der Waals surface area contributed by atoms with Crippen LogP contribution >= 0.6 is 0 Å². The van der Waals surface area contributed by atoms with Crippen molar-refractivity contribution >= 4 is 11.6 Å². The molecule has 4 fully saturated rings. The number of ether oxygens (including phenoxy) is 3. The summed E-state index contributed by atoms with van der Waals surface area (Å²) in [6, 6.07) is 0. The second-order valence-electron chi connectivity index (χ2n) is 11.0. The molecule has 0 aromatic carbocycles. The van der Waals surface area contributed by atoms with Crippen molar-refractivity contribution in [1.82, 2.24) is 0 Å². The zero-order valence-electron chi connectivity index (χ0n) is 19.6. The summed E-state index contributed by atoms with van der Waals surface area (Å²) in [5.41, 5.74) is -0.796. The normalized spacial score (nSPS) is 49.2. The standard InChI is InChI=1S/C26H36O6/c1-5-6-22-31-21-12-18-17-8-7-15-11-16(27)9-10-24(15,2)23(17)19(28)13-25(18,3)26(21,32-22)20(29)14-30-4/h9-11,17-19,21-23,28H,5-8,12-14H2,1-4H3/t17-,18-,19-,21-,22?,23+,24-,25-,26+/m0/s1. The van der Waals surface area contributed by atoms with Crippen molar-refractivity contribution in [2.45, 2.75) is 83.4 Å². The van der Waals surface area contributed by atoms with Crippen LogP contribution in [0.15, 0.2) is 23.8 Å². The number of rotatable bonds is 5. The first-order valence-corrected chi connectivity index (χ1v) is 12.2. The fourth-order valence-corrected chi connectivity index (χ4v) is 8.24. The number of methoxy groups -OCH3 is 1. The summed E-state index contributed by atoms with van der Waals surface area (Å²) in [5.74, 6) is 0.427. The molecule has 0 amide bonds. The maximum atomic E-state index is 13.6. The molecule has 3 saturated carbocycles. The Balaban J connectivity index is 1.55. The van der Waals surface area contributed by atoms with Gasteiger partial charge in [-0.1, -0.05) is 38.8 Å². The van der Waals surface area contributed by atoms with Crippen LogP contribution in [0.25, 0.3) is 0 Å². The lowest BCUT2D eigenvalue weighted by atomic mass is 9.46. The van der Waals surface area contributed by atoms with Gasteiger partial charge < -0.3 is 19.3 Å². The van der Waals surface area contributed by atoms with Crippen molar-refractivity contribution in [2.75, 3.05) is 13.7 Å². The first-order chi connectivity index (χ1) is 15.2. The molecule has 0 spiro atoms. The van der Waals surface area contributed by atoms with Crippen LogP contribution in [0, 0.1) is 28.6 Å². The Bertz CT molecular complexity index is 878. The van der Waals surface area contributed by atoms with Crippen LogP contribution in [-0.2, 0) is 23.8 Å². The SMILES string of the molecule is CCCC1O[C@H]2C[C@H]3[C@@H]4CCC5=CC(=O)C=C[C@]5(C)[C@H]4[C@@H](O)C[C@]3(C)[C@]2(C(=O)COC)O1. The molecular formula is C26H36O6. The molecule has 5 rings (SSSR count). The number of aliphatic hydroxyl groups excluding tert-OH is 1. The molecule has 1 heterocycles. The molecule has 1 N–H and O–H groups in total. The Kier molecular flexibility index (Phi) is 5.32. The molecule has 0 radical (unpaired) electrons. The largest absolute Gasteiger partial charge is 0.393 e. The van der Waals surface area contributed by atoms with E-state index in [4.69, 9.17) is 14.2 Å². The van der Waals surface area contributed by atoms with E-state index >= 15 is 0 Å². The molecule has 32 heavy (non-hydrogen) atoms. The summed E-state index contributed by atoms with van der Waals surface area (Å²) in [6.07, 6.45) is 8.81. The molecule has 9 atom stereocenters. The summed E-state index contributed by atoms with van der Waals surface area (Å²) < 4.78 is 18.2. The van der Waals surface area contributed by atoms with E-state index in [9.17, 15) is 14.7 Å². The van der Waals surface area contributed by atoms with E-state index in [1.165, 1.54) is 7.11 Å². The fourth-order valence-electron chi connectivity index (χ4n) is 8.24. The fraction of sp³-hybridized carbons (Fsp3) is 0.769. The molecule has 6 heteroatoms. The van der Waals surface area contributed by atoms with Crippen LogP contribution in [0.1, 0.15) is 59.3 Å². The quantitative estimate of drug-likeness (QED) is 0.700. The smallest absolute Gasteiger partial charge is 0.193 e. The van der Waals surface area contributed by atoms with E-state index in [0.717, 1.165) is 37.7 Å². The second kappa shape index (κ2) is 7.59. The Morgan fingerprint density at radius 2 is 2.12 bits per heavy atom. The van der Waals surface area contributed by atoms with Gasteiger partial charge in [0.1, 0.15) is 6.61 Å². The third kappa shape index (κ3) is 2.79. The Morgan fingerprint density at radius 1 is 1.34 bits per heavy atom. The number of fused-ring (bicyclic) bond motifs is 7. The number of Topliss-reactive ketones (excluding diaryl/α,β-unsaturated/α-hetero) is 1. The average molecular weight is 445 g/mol. The molecule has 1 unspecified atom stereocenters. The van der Waals surface area contributed by atoms with Crippen molar-refractivity contribution in [2.24, 2.45) is 28.6 Å². The van der Waals surface area contributed by atoms with Crippen molar-refractivity contribution in [3.63, 3.8) is 0 Å². The predicted molar refractivity (Wildman–Crippen MR) is 118 cm³/mol. The van der Waals surface area contributed by atoms with Crippen molar-refractivity contribution in [3.05, 3.63) is 23.8 Å². The predicted octanol–water partition coefficient (Wildman–Crippen LogP) is 3.37. The van der Waals surface area contributed by atoms with Crippen molar-refractivity contribution < 1.29 is 28.9 Å². The Hall–Kier alpha value is -1.34. The number of aliphatic hydroxyl groups is 1. The highest BCUT2D eigenvalue weighted by Crippen LogP contribution is 2.69. The maximum Gasteiger partial charge on any atom is 0.193 e. The molecule has 1 saturated heterocycles. The van der Waals surface area contributed by atoms with Gasteiger partial charge in [-0.2, -0.15) is 0 Å². The lowest BCUT2D eigenvalue weighted by Gasteiger charge is -2.59. The maximum absolute atomic E-state index is 13.6. The summed E-state index contributed by atoms with van der Waals surface area (Å²) in [4.78, 5) is 25.6. The highest BCUT2D eigenvalue weighted by Gasteiger charge is 2.75. The molecular weight excluding hydrogens is 408 g/mol.